The van der Waals surface area contributed by atoms with Crippen molar-refractivity contribution in [3.63, 3.8) is 0 Å². The van der Waals surface area contributed by atoms with E-state index in [0.29, 0.717) is 0 Å². The molecule has 2 aromatic rings. The Hall–Kier alpha value is -2.67. The molecule has 0 aliphatic heterocycles. The van der Waals surface area contributed by atoms with Crippen molar-refractivity contribution in [1.29, 1.82) is 0 Å². The molecule has 1 heterocycles. The standard InChI is InChI=1S/C16H18N2O5/c17-12(15(21)11(16(22)23)5-6-14(19)20)7-9-8-18-13-4-2-1-3-10(9)13/h1-4,8,11-12,18H,5-7,17H2,(H,19,20)(H,22,23)/t11?,12-/m0/s1. The van der Waals surface area contributed by atoms with Gasteiger partial charge in [0.1, 0.15) is 5.92 Å². The van der Waals surface area contributed by atoms with E-state index in [-0.39, 0.29) is 19.3 Å². The Morgan fingerprint density at radius 2 is 1.87 bits per heavy atom. The number of fused-ring (bicyclic) bond motifs is 1. The molecule has 0 saturated heterocycles. The number of benzene rings is 1. The summed E-state index contributed by atoms with van der Waals surface area (Å²) in [5, 5.41) is 18.7. The van der Waals surface area contributed by atoms with Crippen LogP contribution in [-0.4, -0.2) is 39.0 Å². The minimum atomic E-state index is -1.40. The molecular formula is C16H18N2O5. The number of carbonyl (C=O) groups is 3. The van der Waals surface area contributed by atoms with Gasteiger partial charge in [-0.15, -0.1) is 0 Å². The van der Waals surface area contributed by atoms with Crippen molar-refractivity contribution in [2.45, 2.75) is 25.3 Å². The van der Waals surface area contributed by atoms with Gasteiger partial charge in [0.25, 0.3) is 0 Å². The lowest BCUT2D eigenvalue weighted by molar-refractivity contribution is -0.147. The van der Waals surface area contributed by atoms with Gasteiger partial charge in [-0.25, -0.2) is 0 Å². The second kappa shape index (κ2) is 7.06. The minimum Gasteiger partial charge on any atom is -0.481 e. The van der Waals surface area contributed by atoms with Crippen LogP contribution in [0, 0.1) is 5.92 Å². The van der Waals surface area contributed by atoms with E-state index in [9.17, 15) is 14.4 Å². The monoisotopic (exact) mass is 318 g/mol. The quantitative estimate of drug-likeness (QED) is 0.540. The first-order chi connectivity index (χ1) is 10.9. The highest BCUT2D eigenvalue weighted by Crippen LogP contribution is 2.20. The van der Waals surface area contributed by atoms with Gasteiger partial charge in [-0.2, -0.15) is 0 Å². The van der Waals surface area contributed by atoms with Crippen LogP contribution in [-0.2, 0) is 20.8 Å². The number of carboxylic acids is 2. The molecule has 0 bridgehead atoms. The molecule has 23 heavy (non-hydrogen) atoms. The van der Waals surface area contributed by atoms with Gasteiger partial charge in [-0.1, -0.05) is 18.2 Å². The number of nitrogens with one attached hydrogen (secondary N) is 1. The van der Waals surface area contributed by atoms with E-state index < -0.39 is 29.7 Å². The molecule has 7 nitrogen and oxygen atoms in total. The van der Waals surface area contributed by atoms with Gasteiger partial charge < -0.3 is 20.9 Å². The Kier molecular flexibility index (Phi) is 5.13. The Bertz CT molecular complexity index is 737. The minimum absolute atomic E-state index is 0.194. The van der Waals surface area contributed by atoms with Crippen molar-refractivity contribution in [3.05, 3.63) is 36.0 Å². The highest BCUT2D eigenvalue weighted by atomic mass is 16.4. The summed E-state index contributed by atoms with van der Waals surface area (Å²) in [6, 6.07) is 6.51. The third-order valence-corrected chi connectivity index (χ3v) is 3.77. The molecule has 2 atom stereocenters. The van der Waals surface area contributed by atoms with Crippen LogP contribution in [0.1, 0.15) is 18.4 Å². The highest BCUT2D eigenvalue weighted by Gasteiger charge is 2.31. The number of aliphatic carboxylic acids is 2. The van der Waals surface area contributed by atoms with E-state index in [1.807, 2.05) is 24.3 Å². The van der Waals surface area contributed by atoms with E-state index in [2.05, 4.69) is 4.98 Å². The van der Waals surface area contributed by atoms with Crippen LogP contribution in [0.3, 0.4) is 0 Å². The Morgan fingerprint density at radius 1 is 1.17 bits per heavy atom. The van der Waals surface area contributed by atoms with E-state index in [0.717, 1.165) is 16.5 Å². The van der Waals surface area contributed by atoms with Crippen LogP contribution in [0.2, 0.25) is 0 Å². The van der Waals surface area contributed by atoms with Crippen molar-refractivity contribution in [3.8, 4) is 0 Å². The first-order valence-electron chi connectivity index (χ1n) is 7.19. The Morgan fingerprint density at radius 3 is 2.52 bits per heavy atom. The number of ketones is 1. The molecule has 5 N–H and O–H groups in total. The van der Waals surface area contributed by atoms with Gasteiger partial charge in [-0.05, 0) is 24.5 Å². The second-order valence-electron chi connectivity index (χ2n) is 5.40. The van der Waals surface area contributed by atoms with Gasteiger partial charge in [-0.3, -0.25) is 14.4 Å². The average molecular weight is 318 g/mol. The predicted molar refractivity (Wildman–Crippen MR) is 83.0 cm³/mol. The number of carbonyl (C=O) groups excluding carboxylic acids is 1. The average Bonchev–Trinajstić information content (AvgIpc) is 2.90. The molecule has 0 aliphatic carbocycles. The molecule has 0 radical (unpaired) electrons. The van der Waals surface area contributed by atoms with E-state index in [1.54, 1.807) is 6.20 Å². The van der Waals surface area contributed by atoms with Crippen LogP contribution in [0.15, 0.2) is 30.5 Å². The normalized spacial score (nSPS) is 13.6. The molecule has 2 rings (SSSR count). The number of aromatic nitrogens is 1. The topological polar surface area (TPSA) is 133 Å². The number of carboxylic acid groups (broad SMARTS) is 2. The molecule has 0 aliphatic rings. The number of hydrogen-bond donors (Lipinski definition) is 4. The Balaban J connectivity index is 2.11. The van der Waals surface area contributed by atoms with Crippen molar-refractivity contribution < 1.29 is 24.6 Å². The maximum Gasteiger partial charge on any atom is 0.314 e. The smallest absolute Gasteiger partial charge is 0.314 e. The summed E-state index contributed by atoms with van der Waals surface area (Å²) in [5.74, 6) is -4.53. The summed E-state index contributed by atoms with van der Waals surface area (Å²) >= 11 is 0. The molecular weight excluding hydrogens is 300 g/mol. The predicted octanol–water partition coefficient (Wildman–Crippen LogP) is 1.17. The number of aromatic amines is 1. The van der Waals surface area contributed by atoms with Crippen molar-refractivity contribution in [1.82, 2.24) is 4.98 Å². The fraction of sp³-hybridized carbons (Fsp3) is 0.312. The third-order valence-electron chi connectivity index (χ3n) is 3.77. The number of hydrogen-bond acceptors (Lipinski definition) is 4. The van der Waals surface area contributed by atoms with E-state index >= 15 is 0 Å². The second-order valence-corrected chi connectivity index (χ2v) is 5.40. The number of rotatable bonds is 8. The molecule has 0 fully saturated rings. The molecule has 122 valence electrons. The Labute approximate surface area is 132 Å². The fourth-order valence-corrected chi connectivity index (χ4v) is 2.55. The lowest BCUT2D eigenvalue weighted by Gasteiger charge is -2.15. The first kappa shape index (κ1) is 16.7. The zero-order chi connectivity index (χ0) is 17.0. The van der Waals surface area contributed by atoms with Gasteiger partial charge in [0.2, 0.25) is 0 Å². The van der Waals surface area contributed by atoms with Crippen molar-refractivity contribution >= 4 is 28.6 Å². The summed E-state index contributed by atoms with van der Waals surface area (Å²) < 4.78 is 0. The van der Waals surface area contributed by atoms with Crippen LogP contribution >= 0.6 is 0 Å². The number of para-hydroxylation sites is 1. The molecule has 0 saturated carbocycles. The van der Waals surface area contributed by atoms with Gasteiger partial charge in [0.15, 0.2) is 5.78 Å². The molecule has 1 unspecified atom stereocenters. The van der Waals surface area contributed by atoms with Crippen LogP contribution < -0.4 is 5.73 Å². The molecule has 0 amide bonds. The maximum absolute atomic E-state index is 12.3. The lowest BCUT2D eigenvalue weighted by atomic mass is 9.90. The molecule has 7 heteroatoms. The van der Waals surface area contributed by atoms with Gasteiger partial charge in [0.05, 0.1) is 6.04 Å². The summed E-state index contributed by atoms with van der Waals surface area (Å²) in [5.41, 5.74) is 7.60. The molecule has 1 aromatic carbocycles. The van der Waals surface area contributed by atoms with Gasteiger partial charge >= 0.3 is 11.9 Å². The zero-order valence-electron chi connectivity index (χ0n) is 12.4. The third kappa shape index (κ3) is 3.95. The SMILES string of the molecule is N[C@@H](Cc1c[nH]c2ccccc12)C(=O)C(CCC(=O)O)C(=O)O. The fourth-order valence-electron chi connectivity index (χ4n) is 2.55. The lowest BCUT2D eigenvalue weighted by Crippen LogP contribution is -2.40. The summed E-state index contributed by atoms with van der Waals surface area (Å²) in [6.07, 6.45) is 1.29. The largest absolute Gasteiger partial charge is 0.481 e. The van der Waals surface area contributed by atoms with Crippen LogP contribution in [0.25, 0.3) is 10.9 Å². The highest BCUT2D eigenvalue weighted by molar-refractivity contribution is 6.01. The summed E-state index contributed by atoms with van der Waals surface area (Å²) in [4.78, 5) is 37.1. The zero-order valence-corrected chi connectivity index (χ0v) is 12.4. The molecule has 0 spiro atoms. The number of Topliss-reactive ketones (excluding diaryl/α,β-unsaturated/α-hetero) is 1. The molecule has 1 aromatic heterocycles. The van der Waals surface area contributed by atoms with E-state index in [1.165, 1.54) is 0 Å². The van der Waals surface area contributed by atoms with Crippen LogP contribution in [0.5, 0.6) is 0 Å². The summed E-state index contributed by atoms with van der Waals surface area (Å²) in [7, 11) is 0. The van der Waals surface area contributed by atoms with Gasteiger partial charge in [0, 0.05) is 23.5 Å². The number of H-pyrrole nitrogens is 1. The van der Waals surface area contributed by atoms with Crippen LogP contribution in [0.4, 0.5) is 0 Å². The summed E-state index contributed by atoms with van der Waals surface area (Å²) in [6.45, 7) is 0. The number of nitrogens with two attached hydrogens (primary N) is 1. The van der Waals surface area contributed by atoms with Crippen molar-refractivity contribution in [2.24, 2.45) is 11.7 Å². The van der Waals surface area contributed by atoms with E-state index in [4.69, 9.17) is 15.9 Å². The maximum atomic E-state index is 12.3. The van der Waals surface area contributed by atoms with Crippen molar-refractivity contribution in [2.75, 3.05) is 0 Å². The first-order valence-corrected chi connectivity index (χ1v) is 7.19.